The van der Waals surface area contributed by atoms with Crippen molar-refractivity contribution >= 4 is 39.1 Å². The molecule has 0 fully saturated rings. The number of aliphatic carboxylic acids is 1. The zero-order valence-corrected chi connectivity index (χ0v) is 12.0. The number of thiophene rings is 1. The number of likely N-dealkylation sites (N-methyl/N-ethyl adjacent to an activating group) is 1. The summed E-state index contributed by atoms with van der Waals surface area (Å²) in [5, 5.41) is 8.76. The molecule has 6 heteroatoms. The molecule has 1 amide bonds. The lowest BCUT2D eigenvalue weighted by molar-refractivity contribution is -0.142. The average Bonchev–Trinajstić information content (AvgIpc) is 2.63. The first-order valence-electron chi connectivity index (χ1n) is 5.11. The molecule has 0 radical (unpaired) electrons. The molecule has 1 aromatic rings. The lowest BCUT2D eigenvalue weighted by Gasteiger charge is -2.19. The summed E-state index contributed by atoms with van der Waals surface area (Å²) in [5.74, 6) is -1.49. The number of hydrogen-bond acceptors (Lipinski definition) is 3. The van der Waals surface area contributed by atoms with Crippen molar-refractivity contribution in [2.45, 2.75) is 13.3 Å². The molecule has 0 spiro atoms. The molecular formula is C11H14BrNO3S. The molecule has 1 aromatic heterocycles. The third-order valence-electron chi connectivity index (χ3n) is 2.35. The topological polar surface area (TPSA) is 57.6 Å². The van der Waals surface area contributed by atoms with Crippen LogP contribution in [0.3, 0.4) is 0 Å². The number of carbonyl (C=O) groups is 2. The zero-order valence-electron chi connectivity index (χ0n) is 9.64. The molecule has 4 nitrogen and oxygen atoms in total. The highest BCUT2D eigenvalue weighted by molar-refractivity contribution is 9.11. The summed E-state index contributed by atoms with van der Waals surface area (Å²) >= 11 is 4.85. The maximum Gasteiger partial charge on any atom is 0.308 e. The van der Waals surface area contributed by atoms with Gasteiger partial charge in [-0.3, -0.25) is 9.59 Å². The van der Waals surface area contributed by atoms with E-state index >= 15 is 0 Å². The average molecular weight is 320 g/mol. The van der Waals surface area contributed by atoms with E-state index in [4.69, 9.17) is 5.11 Å². The number of carboxylic acids is 1. The Morgan fingerprint density at radius 1 is 1.53 bits per heavy atom. The van der Waals surface area contributed by atoms with Gasteiger partial charge in [0.25, 0.3) is 0 Å². The molecule has 0 saturated heterocycles. The molecule has 1 unspecified atom stereocenters. The van der Waals surface area contributed by atoms with Gasteiger partial charge in [0.2, 0.25) is 5.91 Å². The minimum absolute atomic E-state index is 0.0625. The van der Waals surface area contributed by atoms with Crippen molar-refractivity contribution in [1.82, 2.24) is 4.90 Å². The second kappa shape index (κ2) is 6.16. The van der Waals surface area contributed by atoms with Crippen LogP contribution in [0.15, 0.2) is 15.9 Å². The number of nitrogens with zero attached hydrogens (tertiary/aromatic N) is 1. The quantitative estimate of drug-likeness (QED) is 0.905. The van der Waals surface area contributed by atoms with Gasteiger partial charge in [-0.05, 0) is 28.1 Å². The van der Waals surface area contributed by atoms with Gasteiger partial charge in [-0.1, -0.05) is 6.92 Å². The summed E-state index contributed by atoms with van der Waals surface area (Å²) in [5.41, 5.74) is 0. The minimum Gasteiger partial charge on any atom is -0.481 e. The summed E-state index contributed by atoms with van der Waals surface area (Å²) < 4.78 is 0.988. The number of carboxylic acid groups (broad SMARTS) is 1. The van der Waals surface area contributed by atoms with Crippen molar-refractivity contribution in [1.29, 1.82) is 0 Å². The van der Waals surface area contributed by atoms with Gasteiger partial charge in [-0.2, -0.15) is 0 Å². The molecule has 0 aromatic carbocycles. The van der Waals surface area contributed by atoms with Gasteiger partial charge in [0.1, 0.15) is 0 Å². The Labute approximate surface area is 112 Å². The highest BCUT2D eigenvalue weighted by Gasteiger charge is 2.17. The van der Waals surface area contributed by atoms with Crippen molar-refractivity contribution < 1.29 is 14.7 Å². The summed E-state index contributed by atoms with van der Waals surface area (Å²) in [6.07, 6.45) is 0.319. The number of carbonyl (C=O) groups excluding carboxylic acids is 1. The van der Waals surface area contributed by atoms with E-state index in [-0.39, 0.29) is 12.5 Å². The van der Waals surface area contributed by atoms with E-state index in [9.17, 15) is 9.59 Å². The SMILES string of the molecule is CC(CN(C)C(=O)Cc1ccc(Br)s1)C(=O)O. The van der Waals surface area contributed by atoms with E-state index < -0.39 is 11.9 Å². The van der Waals surface area contributed by atoms with E-state index in [2.05, 4.69) is 15.9 Å². The summed E-state index contributed by atoms with van der Waals surface area (Å²) in [6, 6.07) is 3.79. The molecule has 0 aliphatic rings. The Morgan fingerprint density at radius 3 is 2.65 bits per heavy atom. The first kappa shape index (κ1) is 14.2. The van der Waals surface area contributed by atoms with Crippen LogP contribution < -0.4 is 0 Å². The maximum absolute atomic E-state index is 11.8. The first-order chi connectivity index (χ1) is 7.90. The molecule has 17 heavy (non-hydrogen) atoms. The molecule has 1 N–H and O–H groups in total. The normalized spacial score (nSPS) is 12.2. The first-order valence-corrected chi connectivity index (χ1v) is 6.72. The standard InChI is InChI=1S/C11H14BrNO3S/c1-7(11(15)16)6-13(2)10(14)5-8-3-4-9(12)17-8/h3-4,7H,5-6H2,1-2H3,(H,15,16). The van der Waals surface area contributed by atoms with Crippen molar-refractivity contribution in [3.8, 4) is 0 Å². The number of hydrogen-bond donors (Lipinski definition) is 1. The van der Waals surface area contributed by atoms with Crippen molar-refractivity contribution in [2.75, 3.05) is 13.6 Å². The molecule has 1 atom stereocenters. The third kappa shape index (κ3) is 4.47. The smallest absolute Gasteiger partial charge is 0.308 e. The van der Waals surface area contributed by atoms with E-state index in [1.807, 2.05) is 12.1 Å². The van der Waals surface area contributed by atoms with Crippen LogP contribution in [0, 0.1) is 5.92 Å². The van der Waals surface area contributed by atoms with E-state index in [0.717, 1.165) is 8.66 Å². The van der Waals surface area contributed by atoms with Crippen LogP contribution in [-0.2, 0) is 16.0 Å². The summed E-state index contributed by atoms with van der Waals surface area (Å²) in [4.78, 5) is 24.9. The highest BCUT2D eigenvalue weighted by Crippen LogP contribution is 2.22. The number of amides is 1. The second-order valence-corrected chi connectivity index (χ2v) is 6.44. The van der Waals surface area contributed by atoms with Gasteiger partial charge in [-0.15, -0.1) is 11.3 Å². The van der Waals surface area contributed by atoms with Crippen LogP contribution in [0.1, 0.15) is 11.8 Å². The Bertz CT molecular complexity index is 419. The Morgan fingerprint density at radius 2 is 2.18 bits per heavy atom. The van der Waals surface area contributed by atoms with E-state index in [1.54, 1.807) is 14.0 Å². The lowest BCUT2D eigenvalue weighted by Crippen LogP contribution is -2.34. The maximum atomic E-state index is 11.8. The molecule has 1 heterocycles. The van der Waals surface area contributed by atoms with Crippen molar-refractivity contribution in [3.63, 3.8) is 0 Å². The number of halogens is 1. The lowest BCUT2D eigenvalue weighted by atomic mass is 10.1. The van der Waals surface area contributed by atoms with Crippen LogP contribution in [-0.4, -0.2) is 35.5 Å². The van der Waals surface area contributed by atoms with Crippen molar-refractivity contribution in [3.05, 3.63) is 20.8 Å². The molecule has 0 saturated carbocycles. The van der Waals surface area contributed by atoms with Gasteiger partial charge < -0.3 is 10.0 Å². The van der Waals surface area contributed by atoms with E-state index in [1.165, 1.54) is 16.2 Å². The Hall–Kier alpha value is -0.880. The van der Waals surface area contributed by atoms with Crippen molar-refractivity contribution in [2.24, 2.45) is 5.92 Å². The highest BCUT2D eigenvalue weighted by atomic mass is 79.9. The van der Waals surface area contributed by atoms with Crippen LogP contribution >= 0.6 is 27.3 Å². The number of rotatable bonds is 5. The molecule has 0 aliphatic heterocycles. The fraction of sp³-hybridized carbons (Fsp3) is 0.455. The third-order valence-corrected chi connectivity index (χ3v) is 3.97. The fourth-order valence-corrected chi connectivity index (χ4v) is 2.80. The molecule has 0 aliphatic carbocycles. The monoisotopic (exact) mass is 319 g/mol. The Kier molecular flexibility index (Phi) is 5.14. The zero-order chi connectivity index (χ0) is 13.0. The summed E-state index contributed by atoms with van der Waals surface area (Å²) in [6.45, 7) is 1.83. The van der Waals surface area contributed by atoms with Gasteiger partial charge >= 0.3 is 5.97 Å². The largest absolute Gasteiger partial charge is 0.481 e. The molecular weight excluding hydrogens is 306 g/mol. The predicted molar refractivity (Wildman–Crippen MR) is 70.2 cm³/mol. The van der Waals surface area contributed by atoms with Gasteiger partial charge in [0.15, 0.2) is 0 Å². The second-order valence-electron chi connectivity index (χ2n) is 3.90. The minimum atomic E-state index is -0.886. The van der Waals surface area contributed by atoms with Crippen LogP contribution in [0.5, 0.6) is 0 Å². The fourth-order valence-electron chi connectivity index (χ4n) is 1.32. The predicted octanol–water partition coefficient (Wildman–Crippen LogP) is 2.23. The molecule has 94 valence electrons. The van der Waals surface area contributed by atoms with Crippen LogP contribution in [0.2, 0.25) is 0 Å². The van der Waals surface area contributed by atoms with Crippen LogP contribution in [0.4, 0.5) is 0 Å². The summed E-state index contributed by atoms with van der Waals surface area (Å²) in [7, 11) is 1.63. The van der Waals surface area contributed by atoms with Gasteiger partial charge in [0.05, 0.1) is 16.1 Å². The molecule has 0 bridgehead atoms. The van der Waals surface area contributed by atoms with Gasteiger partial charge in [-0.25, -0.2) is 0 Å². The molecule has 1 rings (SSSR count). The van der Waals surface area contributed by atoms with Gasteiger partial charge in [0, 0.05) is 18.5 Å². The van der Waals surface area contributed by atoms with Crippen LogP contribution in [0.25, 0.3) is 0 Å². The Balaban J connectivity index is 2.50. The van der Waals surface area contributed by atoms with E-state index in [0.29, 0.717) is 6.42 Å².